The molecule has 0 amide bonds. The maximum atomic E-state index is 6.43. The molecule has 2 aliphatic heterocycles. The van der Waals surface area contributed by atoms with E-state index < -0.39 is 0 Å². The molecule has 18 heavy (non-hydrogen) atoms. The van der Waals surface area contributed by atoms with Gasteiger partial charge in [0.1, 0.15) is 6.60 Å². The molecule has 0 spiro atoms. The van der Waals surface area contributed by atoms with E-state index in [1.807, 2.05) is 0 Å². The first-order valence-electron chi connectivity index (χ1n) is 7.56. The van der Waals surface area contributed by atoms with Gasteiger partial charge >= 0.3 is 0 Å². The molecule has 0 saturated carbocycles. The van der Waals surface area contributed by atoms with E-state index in [4.69, 9.17) is 4.65 Å². The van der Waals surface area contributed by atoms with E-state index >= 15 is 0 Å². The second-order valence-electron chi connectivity index (χ2n) is 9.19. The smallest absolute Gasteiger partial charge is 0.257 e. The molecular weight excluding hydrogens is 218 g/mol. The van der Waals surface area contributed by atoms with Gasteiger partial charge in [0.15, 0.2) is 0 Å². The highest BCUT2D eigenvalue weighted by atomic mass is 16.5. The molecule has 0 N–H and O–H groups in total. The Kier molecular flexibility index (Phi) is 3.07. The third-order valence-electron chi connectivity index (χ3n) is 6.69. The van der Waals surface area contributed by atoms with E-state index in [1.54, 1.807) is 0 Å². The van der Waals surface area contributed by atoms with Gasteiger partial charge in [0, 0.05) is 5.60 Å². The van der Waals surface area contributed by atoms with Crippen LogP contribution >= 0.6 is 0 Å². The van der Waals surface area contributed by atoms with Gasteiger partial charge in [-0.05, 0) is 36.4 Å². The Balaban J connectivity index is 2.14. The van der Waals surface area contributed by atoms with Gasteiger partial charge in [-0.2, -0.15) is 0 Å². The van der Waals surface area contributed by atoms with E-state index in [0.29, 0.717) is 23.1 Å². The first-order valence-corrected chi connectivity index (χ1v) is 7.56. The third-order valence-corrected chi connectivity index (χ3v) is 6.69. The van der Waals surface area contributed by atoms with Gasteiger partial charge < -0.3 is 4.65 Å². The quantitative estimate of drug-likeness (QED) is 0.622. The molecule has 0 aromatic rings. The summed E-state index contributed by atoms with van der Waals surface area (Å²) in [7, 11) is 0. The molecule has 0 aliphatic carbocycles. The van der Waals surface area contributed by atoms with Crippen molar-refractivity contribution >= 4 is 13.4 Å². The van der Waals surface area contributed by atoms with Crippen LogP contribution in [0.1, 0.15) is 55.4 Å². The Bertz CT molecular complexity index is 278. The summed E-state index contributed by atoms with van der Waals surface area (Å²) in [6.45, 7) is 20.2. The average Bonchev–Trinajstić information content (AvgIpc) is 2.45. The van der Waals surface area contributed by atoms with Gasteiger partial charge in [-0.25, -0.2) is 0 Å². The van der Waals surface area contributed by atoms with Crippen molar-refractivity contribution in [2.24, 2.45) is 16.2 Å². The van der Waals surface area contributed by atoms with Crippen LogP contribution in [-0.2, 0) is 4.65 Å². The topological polar surface area (TPSA) is 9.23 Å². The van der Waals surface area contributed by atoms with Crippen molar-refractivity contribution in [1.82, 2.24) is 0 Å². The van der Waals surface area contributed by atoms with Crippen LogP contribution in [0.15, 0.2) is 0 Å². The van der Waals surface area contributed by atoms with E-state index in [-0.39, 0.29) is 5.60 Å². The van der Waals surface area contributed by atoms with Gasteiger partial charge in [0.2, 0.25) is 0 Å². The van der Waals surface area contributed by atoms with Crippen LogP contribution < -0.4 is 0 Å². The van der Waals surface area contributed by atoms with Crippen molar-refractivity contribution in [3.63, 3.8) is 0 Å². The van der Waals surface area contributed by atoms with Crippen molar-refractivity contribution in [3.8, 4) is 0 Å². The van der Waals surface area contributed by atoms with Crippen LogP contribution in [0.3, 0.4) is 0 Å². The van der Waals surface area contributed by atoms with Gasteiger partial charge in [-0.1, -0.05) is 54.2 Å². The fraction of sp³-hybridized carbons (Fsp3) is 1.00. The molecule has 102 valence electrons. The Morgan fingerprint density at radius 2 is 1.11 bits per heavy atom. The molecule has 0 aromatic carbocycles. The highest BCUT2D eigenvalue weighted by molar-refractivity contribution is 7.20. The third kappa shape index (κ3) is 2.07. The predicted molar refractivity (Wildman–Crippen MR) is 82.4 cm³/mol. The van der Waals surface area contributed by atoms with E-state index in [1.165, 1.54) is 19.0 Å². The lowest BCUT2D eigenvalue weighted by Gasteiger charge is -2.35. The second-order valence-corrected chi connectivity index (χ2v) is 9.19. The molecule has 2 rings (SSSR count). The SMILES string of the molecule is CC1(C)CB(B2CC(C)(C)C(C)(C)O2)CC1(C)C. The maximum absolute atomic E-state index is 6.43. The van der Waals surface area contributed by atoms with Crippen molar-refractivity contribution in [1.29, 1.82) is 0 Å². The van der Waals surface area contributed by atoms with Crippen LogP contribution in [-0.4, -0.2) is 19.0 Å². The lowest BCUT2D eigenvalue weighted by atomic mass is 9.14. The molecule has 0 aromatic heterocycles. The van der Waals surface area contributed by atoms with Crippen LogP contribution in [0, 0.1) is 16.2 Å². The number of hydrogen-bond acceptors (Lipinski definition) is 1. The molecule has 2 aliphatic rings. The summed E-state index contributed by atoms with van der Waals surface area (Å²) < 4.78 is 6.43. The highest BCUT2D eigenvalue weighted by Gasteiger charge is 2.57. The Labute approximate surface area is 115 Å². The number of hydrogen-bond donors (Lipinski definition) is 0. The summed E-state index contributed by atoms with van der Waals surface area (Å²) in [6.07, 6.45) is 3.85. The molecule has 2 heterocycles. The van der Waals surface area contributed by atoms with E-state index in [9.17, 15) is 0 Å². The second kappa shape index (κ2) is 3.81. The Morgan fingerprint density at radius 3 is 1.44 bits per heavy atom. The molecule has 1 nitrogen and oxygen atoms in total. The molecule has 0 atom stereocenters. The minimum atomic E-state index is 0.0224. The zero-order valence-electron chi connectivity index (χ0n) is 13.7. The van der Waals surface area contributed by atoms with Crippen LogP contribution in [0.2, 0.25) is 19.0 Å². The summed E-state index contributed by atoms with van der Waals surface area (Å²) >= 11 is 0. The van der Waals surface area contributed by atoms with Gasteiger partial charge in [0.25, 0.3) is 6.81 Å². The fourth-order valence-electron chi connectivity index (χ4n) is 3.79. The molecule has 0 bridgehead atoms. The summed E-state index contributed by atoms with van der Waals surface area (Å²) in [6, 6.07) is 0. The van der Waals surface area contributed by atoms with Crippen LogP contribution in [0.5, 0.6) is 0 Å². The molecule has 0 unspecified atom stereocenters. The highest BCUT2D eigenvalue weighted by Crippen LogP contribution is 2.56. The normalized spacial score (nSPS) is 32.0. The summed E-state index contributed by atoms with van der Waals surface area (Å²) in [5.41, 5.74) is 1.21. The lowest BCUT2D eigenvalue weighted by Crippen LogP contribution is -2.37. The molecule has 2 saturated heterocycles. The molecule has 2 fully saturated rings. The zero-order valence-corrected chi connectivity index (χ0v) is 13.7. The fourth-order valence-corrected chi connectivity index (χ4v) is 3.79. The zero-order chi connectivity index (χ0) is 14.0. The van der Waals surface area contributed by atoms with Crippen molar-refractivity contribution < 1.29 is 4.65 Å². The van der Waals surface area contributed by atoms with Crippen LogP contribution in [0.4, 0.5) is 0 Å². The summed E-state index contributed by atoms with van der Waals surface area (Å²) in [4.78, 5) is 0. The molecule has 3 heteroatoms. The van der Waals surface area contributed by atoms with Gasteiger partial charge in [0.05, 0.1) is 0 Å². The predicted octanol–water partition coefficient (Wildman–Crippen LogP) is 4.45. The summed E-state index contributed by atoms with van der Waals surface area (Å²) in [5, 5.41) is 0. The van der Waals surface area contributed by atoms with Crippen molar-refractivity contribution in [2.75, 3.05) is 0 Å². The Hall–Kier alpha value is 0.0899. The lowest BCUT2D eigenvalue weighted by molar-refractivity contribution is 0.0381. The van der Waals surface area contributed by atoms with Gasteiger partial charge in [-0.15, -0.1) is 0 Å². The largest absolute Gasteiger partial charge is 0.439 e. The molecular formula is C15H30B2O. The van der Waals surface area contributed by atoms with E-state index in [2.05, 4.69) is 55.4 Å². The number of rotatable bonds is 1. The minimum absolute atomic E-state index is 0.0224. The first kappa shape index (κ1) is 14.5. The maximum Gasteiger partial charge on any atom is 0.257 e. The monoisotopic (exact) mass is 248 g/mol. The average molecular weight is 248 g/mol. The first-order chi connectivity index (χ1) is 7.88. The van der Waals surface area contributed by atoms with Crippen LogP contribution in [0.25, 0.3) is 0 Å². The van der Waals surface area contributed by atoms with Crippen molar-refractivity contribution in [3.05, 3.63) is 0 Å². The van der Waals surface area contributed by atoms with Crippen molar-refractivity contribution in [2.45, 2.75) is 80.0 Å². The Morgan fingerprint density at radius 1 is 0.667 bits per heavy atom. The van der Waals surface area contributed by atoms with E-state index in [0.717, 1.165) is 6.60 Å². The molecule has 0 radical (unpaired) electrons. The summed E-state index contributed by atoms with van der Waals surface area (Å²) in [5.74, 6) is 0. The standard InChI is InChI=1S/C15H30B2O/c1-12(2)9-16(10-13(12,3)4)17-11-14(5,6)15(7,8)18-17/h9-11H2,1-8H3. The van der Waals surface area contributed by atoms with Gasteiger partial charge in [-0.3, -0.25) is 0 Å². The minimum Gasteiger partial charge on any atom is -0.439 e.